The SMILES string of the molecule is NC1CCCCCC1Sc1nnnn1C1CC1. The van der Waals surface area contributed by atoms with Crippen molar-refractivity contribution in [2.45, 2.75) is 67.4 Å². The van der Waals surface area contributed by atoms with E-state index in [0.29, 0.717) is 17.3 Å². The van der Waals surface area contributed by atoms with Crippen molar-refractivity contribution in [3.63, 3.8) is 0 Å². The Morgan fingerprint density at radius 3 is 2.76 bits per heavy atom. The number of rotatable bonds is 3. The van der Waals surface area contributed by atoms with E-state index >= 15 is 0 Å². The molecule has 6 heteroatoms. The summed E-state index contributed by atoms with van der Waals surface area (Å²) in [6.45, 7) is 0. The predicted molar refractivity (Wildman–Crippen MR) is 66.8 cm³/mol. The predicted octanol–water partition coefficient (Wildman–Crippen LogP) is 1.76. The molecule has 2 saturated carbocycles. The van der Waals surface area contributed by atoms with Crippen LogP contribution in [-0.2, 0) is 0 Å². The number of nitrogens with zero attached hydrogens (tertiary/aromatic N) is 4. The molecule has 1 heterocycles. The summed E-state index contributed by atoms with van der Waals surface area (Å²) in [6.07, 6.45) is 8.65. The fourth-order valence-corrected chi connectivity index (χ4v) is 3.64. The molecule has 0 amide bonds. The third-order valence-corrected chi connectivity index (χ3v) is 4.98. The van der Waals surface area contributed by atoms with Gasteiger partial charge in [-0.2, -0.15) is 0 Å². The zero-order valence-corrected chi connectivity index (χ0v) is 10.8. The summed E-state index contributed by atoms with van der Waals surface area (Å²) >= 11 is 1.79. The molecule has 0 radical (unpaired) electrons. The largest absolute Gasteiger partial charge is 0.327 e. The Morgan fingerprint density at radius 2 is 1.94 bits per heavy atom. The van der Waals surface area contributed by atoms with Crippen LogP contribution in [0.15, 0.2) is 5.16 Å². The minimum Gasteiger partial charge on any atom is -0.327 e. The normalized spacial score (nSPS) is 30.2. The van der Waals surface area contributed by atoms with Gasteiger partial charge in [-0.25, -0.2) is 4.68 Å². The second-order valence-corrected chi connectivity index (χ2v) is 6.30. The Kier molecular flexibility index (Phi) is 3.33. The highest BCUT2D eigenvalue weighted by Crippen LogP contribution is 2.38. The van der Waals surface area contributed by atoms with Crippen LogP contribution in [0.2, 0.25) is 0 Å². The molecule has 2 aliphatic carbocycles. The van der Waals surface area contributed by atoms with E-state index in [1.165, 1.54) is 38.5 Å². The van der Waals surface area contributed by atoms with Crippen LogP contribution in [0.25, 0.3) is 0 Å². The van der Waals surface area contributed by atoms with E-state index in [0.717, 1.165) is 11.6 Å². The van der Waals surface area contributed by atoms with Gasteiger partial charge in [-0.15, -0.1) is 5.10 Å². The van der Waals surface area contributed by atoms with Crippen molar-refractivity contribution in [2.24, 2.45) is 5.73 Å². The van der Waals surface area contributed by atoms with Gasteiger partial charge in [-0.3, -0.25) is 0 Å². The van der Waals surface area contributed by atoms with Gasteiger partial charge >= 0.3 is 0 Å². The zero-order chi connectivity index (χ0) is 11.7. The minimum atomic E-state index is 0.298. The molecule has 0 bridgehead atoms. The summed E-state index contributed by atoms with van der Waals surface area (Å²) in [5.74, 6) is 0. The van der Waals surface area contributed by atoms with E-state index in [2.05, 4.69) is 15.5 Å². The molecule has 0 saturated heterocycles. The standard InChI is InChI=1S/C11H19N5S/c12-9-4-2-1-3-5-10(9)17-11-13-14-15-16(11)8-6-7-8/h8-10H,1-7,12H2. The van der Waals surface area contributed by atoms with Crippen molar-refractivity contribution in [3.05, 3.63) is 0 Å². The number of thioether (sulfide) groups is 1. The van der Waals surface area contributed by atoms with Crippen molar-refractivity contribution in [3.8, 4) is 0 Å². The molecule has 2 fully saturated rings. The summed E-state index contributed by atoms with van der Waals surface area (Å²) in [7, 11) is 0. The molecule has 5 nitrogen and oxygen atoms in total. The lowest BCUT2D eigenvalue weighted by atomic mass is 10.1. The van der Waals surface area contributed by atoms with Gasteiger partial charge in [0.2, 0.25) is 5.16 Å². The molecule has 0 aliphatic heterocycles. The van der Waals surface area contributed by atoms with E-state index < -0.39 is 0 Å². The lowest BCUT2D eigenvalue weighted by Crippen LogP contribution is -2.31. The van der Waals surface area contributed by atoms with Crippen LogP contribution in [0.3, 0.4) is 0 Å². The van der Waals surface area contributed by atoms with Crippen molar-refractivity contribution in [2.75, 3.05) is 0 Å². The lowest BCUT2D eigenvalue weighted by molar-refractivity contribution is 0.557. The fraction of sp³-hybridized carbons (Fsp3) is 0.909. The smallest absolute Gasteiger partial charge is 0.209 e. The highest BCUT2D eigenvalue weighted by atomic mass is 32.2. The van der Waals surface area contributed by atoms with E-state index in [4.69, 9.17) is 5.73 Å². The Balaban J connectivity index is 1.69. The Bertz CT molecular complexity index is 376. The Labute approximate surface area is 106 Å². The van der Waals surface area contributed by atoms with Crippen LogP contribution in [0.1, 0.15) is 51.0 Å². The minimum absolute atomic E-state index is 0.298. The van der Waals surface area contributed by atoms with Crippen molar-refractivity contribution < 1.29 is 0 Å². The maximum atomic E-state index is 6.24. The quantitative estimate of drug-likeness (QED) is 0.831. The van der Waals surface area contributed by atoms with Crippen LogP contribution < -0.4 is 5.73 Å². The second-order valence-electron chi connectivity index (χ2n) is 5.10. The molecule has 2 atom stereocenters. The van der Waals surface area contributed by atoms with E-state index in [-0.39, 0.29) is 0 Å². The zero-order valence-electron chi connectivity index (χ0n) is 9.96. The first-order chi connectivity index (χ1) is 8.34. The number of aromatic nitrogens is 4. The summed E-state index contributed by atoms with van der Waals surface area (Å²) < 4.78 is 1.99. The average molecular weight is 253 g/mol. The highest BCUT2D eigenvalue weighted by molar-refractivity contribution is 7.99. The first kappa shape index (κ1) is 11.5. The summed E-state index contributed by atoms with van der Waals surface area (Å²) in [4.78, 5) is 0. The number of hydrogen-bond acceptors (Lipinski definition) is 5. The summed E-state index contributed by atoms with van der Waals surface area (Å²) in [6, 6.07) is 0.848. The lowest BCUT2D eigenvalue weighted by Gasteiger charge is -2.19. The molecular formula is C11H19N5S. The Hall–Kier alpha value is -0.620. The van der Waals surface area contributed by atoms with Crippen LogP contribution >= 0.6 is 11.8 Å². The topological polar surface area (TPSA) is 69.6 Å². The van der Waals surface area contributed by atoms with Crippen LogP contribution in [-0.4, -0.2) is 31.5 Å². The first-order valence-corrected chi connectivity index (χ1v) is 7.42. The van der Waals surface area contributed by atoms with E-state index in [1.807, 2.05) is 4.68 Å². The molecular weight excluding hydrogens is 234 g/mol. The molecule has 2 unspecified atom stereocenters. The summed E-state index contributed by atoms with van der Waals surface area (Å²) in [5.41, 5.74) is 6.24. The molecule has 2 aliphatic rings. The van der Waals surface area contributed by atoms with E-state index in [1.54, 1.807) is 11.8 Å². The third-order valence-electron chi connectivity index (χ3n) is 3.62. The van der Waals surface area contributed by atoms with Gasteiger partial charge in [0.25, 0.3) is 0 Å². The van der Waals surface area contributed by atoms with Crippen molar-refractivity contribution in [1.29, 1.82) is 0 Å². The highest BCUT2D eigenvalue weighted by Gasteiger charge is 2.30. The van der Waals surface area contributed by atoms with Crippen LogP contribution in [0, 0.1) is 0 Å². The second kappa shape index (κ2) is 4.94. The van der Waals surface area contributed by atoms with Gasteiger partial charge in [-0.05, 0) is 36.1 Å². The molecule has 94 valence electrons. The van der Waals surface area contributed by atoms with Gasteiger partial charge < -0.3 is 5.73 Å². The molecule has 1 aromatic heterocycles. The first-order valence-electron chi connectivity index (χ1n) is 6.54. The molecule has 17 heavy (non-hydrogen) atoms. The van der Waals surface area contributed by atoms with Gasteiger partial charge in [0.1, 0.15) is 0 Å². The molecule has 0 spiro atoms. The fourth-order valence-electron chi connectivity index (χ4n) is 2.40. The van der Waals surface area contributed by atoms with Crippen LogP contribution in [0.5, 0.6) is 0 Å². The number of hydrogen-bond donors (Lipinski definition) is 1. The number of nitrogens with two attached hydrogens (primary N) is 1. The van der Waals surface area contributed by atoms with Gasteiger partial charge in [0.05, 0.1) is 6.04 Å². The monoisotopic (exact) mass is 253 g/mol. The number of tetrazole rings is 1. The molecule has 2 N–H and O–H groups in total. The molecule has 1 aromatic rings. The van der Waals surface area contributed by atoms with Crippen LogP contribution in [0.4, 0.5) is 0 Å². The molecule has 3 rings (SSSR count). The summed E-state index contributed by atoms with van der Waals surface area (Å²) in [5, 5.41) is 13.5. The third kappa shape index (κ3) is 2.63. The van der Waals surface area contributed by atoms with Gasteiger partial charge in [0, 0.05) is 11.3 Å². The van der Waals surface area contributed by atoms with Gasteiger partial charge in [-0.1, -0.05) is 31.0 Å². The Morgan fingerprint density at radius 1 is 1.12 bits per heavy atom. The van der Waals surface area contributed by atoms with Gasteiger partial charge in [0.15, 0.2) is 0 Å². The maximum absolute atomic E-state index is 6.24. The van der Waals surface area contributed by atoms with Crippen molar-refractivity contribution in [1.82, 2.24) is 20.2 Å². The van der Waals surface area contributed by atoms with E-state index in [9.17, 15) is 0 Å². The van der Waals surface area contributed by atoms with Crippen molar-refractivity contribution >= 4 is 11.8 Å². The maximum Gasteiger partial charge on any atom is 0.209 e. The average Bonchev–Trinajstić information content (AvgIpc) is 3.09. The molecule has 0 aromatic carbocycles.